The zero-order valence-corrected chi connectivity index (χ0v) is 13.7. The van der Waals surface area contributed by atoms with Crippen LogP contribution in [0.2, 0.25) is 0 Å². The number of benzene rings is 2. The Morgan fingerprint density at radius 3 is 2.48 bits per heavy atom. The maximum absolute atomic E-state index is 5.83. The van der Waals surface area contributed by atoms with Crippen LogP contribution in [-0.2, 0) is 4.74 Å². The summed E-state index contributed by atoms with van der Waals surface area (Å²) in [6.07, 6.45) is 0. The number of fused-ring (bicyclic) bond motifs is 3. The van der Waals surface area contributed by atoms with Gasteiger partial charge in [-0.1, -0.05) is 63.2 Å². The van der Waals surface area contributed by atoms with Gasteiger partial charge in [0.2, 0.25) is 5.90 Å². The molecule has 3 aromatic rings. The standard InChI is InChI=1S/C20H20N2O/c1-20(2,3)17-12-23-19(22-17)16-11-10-14-9-8-13-6-4-5-7-15(13)18(14)21-16/h4-11,17H,12H2,1-3H3. The van der Waals surface area contributed by atoms with Crippen molar-refractivity contribution < 1.29 is 4.74 Å². The summed E-state index contributed by atoms with van der Waals surface area (Å²) in [5.41, 5.74) is 1.93. The van der Waals surface area contributed by atoms with Crippen molar-refractivity contribution in [3.63, 3.8) is 0 Å². The second-order valence-corrected chi connectivity index (χ2v) is 7.18. The van der Waals surface area contributed by atoms with Gasteiger partial charge in [0, 0.05) is 10.8 Å². The molecular formula is C20H20N2O. The first-order valence-electron chi connectivity index (χ1n) is 8.02. The van der Waals surface area contributed by atoms with Crippen LogP contribution in [0.15, 0.2) is 53.5 Å². The van der Waals surface area contributed by atoms with Crippen LogP contribution in [0.5, 0.6) is 0 Å². The predicted octanol–water partition coefficient (Wildman–Crippen LogP) is 4.58. The Morgan fingerprint density at radius 2 is 1.70 bits per heavy atom. The van der Waals surface area contributed by atoms with Crippen molar-refractivity contribution >= 4 is 27.6 Å². The van der Waals surface area contributed by atoms with E-state index in [2.05, 4.69) is 63.2 Å². The largest absolute Gasteiger partial charge is 0.474 e. The highest BCUT2D eigenvalue weighted by Crippen LogP contribution is 2.28. The molecule has 1 aromatic heterocycles. The van der Waals surface area contributed by atoms with Gasteiger partial charge >= 0.3 is 0 Å². The molecule has 3 heteroatoms. The molecule has 23 heavy (non-hydrogen) atoms. The van der Waals surface area contributed by atoms with Gasteiger partial charge in [-0.2, -0.15) is 0 Å². The van der Waals surface area contributed by atoms with Crippen molar-refractivity contribution in [3.05, 3.63) is 54.2 Å². The lowest BCUT2D eigenvalue weighted by Crippen LogP contribution is -2.25. The summed E-state index contributed by atoms with van der Waals surface area (Å²) in [7, 11) is 0. The van der Waals surface area contributed by atoms with Crippen molar-refractivity contribution in [2.24, 2.45) is 10.4 Å². The molecule has 4 rings (SSSR count). The summed E-state index contributed by atoms with van der Waals surface area (Å²) in [4.78, 5) is 9.59. The lowest BCUT2D eigenvalue weighted by molar-refractivity contribution is 0.235. The molecule has 1 aliphatic rings. The van der Waals surface area contributed by atoms with E-state index in [1.54, 1.807) is 0 Å². The number of rotatable bonds is 1. The third-order valence-corrected chi connectivity index (χ3v) is 4.45. The van der Waals surface area contributed by atoms with Gasteiger partial charge in [0.15, 0.2) is 0 Å². The minimum absolute atomic E-state index is 0.102. The van der Waals surface area contributed by atoms with E-state index in [1.165, 1.54) is 5.39 Å². The summed E-state index contributed by atoms with van der Waals surface area (Å²) in [5, 5.41) is 3.50. The van der Waals surface area contributed by atoms with Gasteiger partial charge < -0.3 is 4.74 Å². The Bertz CT molecular complexity index is 922. The summed E-state index contributed by atoms with van der Waals surface area (Å²) >= 11 is 0. The molecular weight excluding hydrogens is 284 g/mol. The average molecular weight is 304 g/mol. The third-order valence-electron chi connectivity index (χ3n) is 4.45. The van der Waals surface area contributed by atoms with Crippen LogP contribution < -0.4 is 0 Å². The van der Waals surface area contributed by atoms with Gasteiger partial charge in [-0.15, -0.1) is 0 Å². The second-order valence-electron chi connectivity index (χ2n) is 7.18. The molecule has 0 amide bonds. The van der Waals surface area contributed by atoms with Gasteiger partial charge in [-0.3, -0.25) is 0 Å². The molecule has 1 unspecified atom stereocenters. The maximum Gasteiger partial charge on any atom is 0.235 e. The summed E-state index contributed by atoms with van der Waals surface area (Å²) in [5.74, 6) is 0.666. The molecule has 0 saturated carbocycles. The average Bonchev–Trinajstić information content (AvgIpc) is 3.04. The first-order valence-corrected chi connectivity index (χ1v) is 8.02. The van der Waals surface area contributed by atoms with Gasteiger partial charge in [-0.05, 0) is 16.9 Å². The molecule has 0 radical (unpaired) electrons. The minimum Gasteiger partial charge on any atom is -0.474 e. The van der Waals surface area contributed by atoms with Crippen molar-refractivity contribution in [1.82, 2.24) is 4.98 Å². The topological polar surface area (TPSA) is 34.5 Å². The van der Waals surface area contributed by atoms with Gasteiger partial charge in [-0.25, -0.2) is 9.98 Å². The Balaban J connectivity index is 1.85. The lowest BCUT2D eigenvalue weighted by atomic mass is 9.88. The first kappa shape index (κ1) is 14.2. The van der Waals surface area contributed by atoms with E-state index in [4.69, 9.17) is 14.7 Å². The van der Waals surface area contributed by atoms with Crippen LogP contribution in [0.4, 0.5) is 0 Å². The molecule has 1 atom stereocenters. The van der Waals surface area contributed by atoms with Crippen LogP contribution in [0, 0.1) is 5.41 Å². The van der Waals surface area contributed by atoms with Crippen LogP contribution in [-0.4, -0.2) is 23.5 Å². The lowest BCUT2D eigenvalue weighted by Gasteiger charge is -2.21. The van der Waals surface area contributed by atoms with Crippen molar-refractivity contribution in [2.45, 2.75) is 26.8 Å². The van der Waals surface area contributed by atoms with E-state index >= 15 is 0 Å². The van der Waals surface area contributed by atoms with E-state index in [-0.39, 0.29) is 11.5 Å². The zero-order chi connectivity index (χ0) is 16.0. The number of aliphatic imine (C=N–C) groups is 1. The summed E-state index contributed by atoms with van der Waals surface area (Å²) in [6, 6.07) is 16.9. The zero-order valence-electron chi connectivity index (χ0n) is 13.7. The highest BCUT2D eigenvalue weighted by molar-refractivity contribution is 6.06. The van der Waals surface area contributed by atoms with E-state index in [1.807, 2.05) is 6.07 Å². The van der Waals surface area contributed by atoms with Crippen LogP contribution >= 0.6 is 0 Å². The smallest absolute Gasteiger partial charge is 0.235 e. The number of ether oxygens (including phenoxy) is 1. The van der Waals surface area contributed by atoms with Gasteiger partial charge in [0.25, 0.3) is 0 Å². The van der Waals surface area contributed by atoms with Crippen molar-refractivity contribution in [1.29, 1.82) is 0 Å². The molecule has 0 N–H and O–H groups in total. The number of hydrogen-bond acceptors (Lipinski definition) is 3. The number of hydrogen-bond donors (Lipinski definition) is 0. The normalized spacial score (nSPS) is 18.2. The first-order chi connectivity index (χ1) is 11.0. The van der Waals surface area contributed by atoms with Crippen molar-refractivity contribution in [2.75, 3.05) is 6.61 Å². The molecule has 0 aliphatic carbocycles. The van der Waals surface area contributed by atoms with Crippen LogP contribution in [0.25, 0.3) is 21.7 Å². The SMILES string of the molecule is CC(C)(C)C1COC(c2ccc3ccc4ccccc4c3n2)=N1. The number of aromatic nitrogens is 1. The molecule has 2 heterocycles. The monoisotopic (exact) mass is 304 g/mol. The fourth-order valence-electron chi connectivity index (χ4n) is 2.93. The van der Waals surface area contributed by atoms with E-state index in [0.29, 0.717) is 12.5 Å². The van der Waals surface area contributed by atoms with E-state index in [0.717, 1.165) is 22.0 Å². The highest BCUT2D eigenvalue weighted by atomic mass is 16.5. The molecule has 3 nitrogen and oxygen atoms in total. The fourth-order valence-corrected chi connectivity index (χ4v) is 2.93. The molecule has 0 fully saturated rings. The maximum atomic E-state index is 5.83. The van der Waals surface area contributed by atoms with Gasteiger partial charge in [0.05, 0.1) is 11.6 Å². The van der Waals surface area contributed by atoms with Gasteiger partial charge in [0.1, 0.15) is 12.3 Å². The fraction of sp³-hybridized carbons (Fsp3) is 0.300. The quantitative estimate of drug-likeness (QED) is 0.617. The summed E-state index contributed by atoms with van der Waals surface area (Å²) in [6.45, 7) is 7.20. The molecule has 2 aromatic carbocycles. The molecule has 0 bridgehead atoms. The Morgan fingerprint density at radius 1 is 0.957 bits per heavy atom. The molecule has 0 saturated heterocycles. The number of pyridine rings is 1. The van der Waals surface area contributed by atoms with Crippen molar-refractivity contribution in [3.8, 4) is 0 Å². The minimum atomic E-state index is 0.102. The molecule has 116 valence electrons. The Labute approximate surface area is 136 Å². The Hall–Kier alpha value is -2.42. The van der Waals surface area contributed by atoms with E-state index < -0.39 is 0 Å². The van der Waals surface area contributed by atoms with Crippen LogP contribution in [0.3, 0.4) is 0 Å². The Kier molecular flexibility index (Phi) is 3.12. The third kappa shape index (κ3) is 2.46. The summed E-state index contributed by atoms with van der Waals surface area (Å²) < 4.78 is 5.83. The molecule has 0 spiro atoms. The second kappa shape index (κ2) is 5.05. The van der Waals surface area contributed by atoms with E-state index in [9.17, 15) is 0 Å². The van der Waals surface area contributed by atoms with Crippen LogP contribution in [0.1, 0.15) is 26.5 Å². The highest BCUT2D eigenvalue weighted by Gasteiger charge is 2.31. The number of nitrogens with zero attached hydrogens (tertiary/aromatic N) is 2. The predicted molar refractivity (Wildman–Crippen MR) is 95.0 cm³/mol. The molecule has 1 aliphatic heterocycles.